The van der Waals surface area contributed by atoms with Crippen molar-refractivity contribution < 1.29 is 58.6 Å². The fourth-order valence-electron chi connectivity index (χ4n) is 3.28. The van der Waals surface area contributed by atoms with E-state index in [9.17, 15) is 19.5 Å². The summed E-state index contributed by atoms with van der Waals surface area (Å²) in [6.07, 6.45) is 3.18. The summed E-state index contributed by atoms with van der Waals surface area (Å²) < 4.78 is 5.68. The van der Waals surface area contributed by atoms with E-state index < -0.39 is 29.2 Å². The molecule has 0 saturated carbocycles. The van der Waals surface area contributed by atoms with Crippen molar-refractivity contribution in [3.63, 3.8) is 0 Å². The molecule has 0 unspecified atom stereocenters. The Labute approximate surface area is 230 Å². The molecule has 2 atom stereocenters. The number of hydrogen-bond acceptors (Lipinski definition) is 12. The number of amides is 2. The molecule has 2 aromatic heterocycles. The van der Waals surface area contributed by atoms with Crippen LogP contribution in [0.5, 0.6) is 0 Å². The minimum Gasteiger partial charge on any atom is -0.543 e. The van der Waals surface area contributed by atoms with Gasteiger partial charge >= 0.3 is 29.6 Å². The number of nitrogen functional groups attached to an aromatic ring is 1. The average molecular weight is 527 g/mol. The van der Waals surface area contributed by atoms with Gasteiger partial charge in [-0.25, -0.2) is 4.98 Å². The van der Waals surface area contributed by atoms with Crippen LogP contribution in [-0.4, -0.2) is 62.1 Å². The van der Waals surface area contributed by atoms with Crippen molar-refractivity contribution in [1.29, 1.82) is 0 Å². The Morgan fingerprint density at radius 1 is 1.37 bits per heavy atom. The fraction of sp³-hybridized carbons (Fsp3) is 0.300. The van der Waals surface area contributed by atoms with Gasteiger partial charge in [-0.3, -0.25) is 19.5 Å². The second-order valence-electron chi connectivity index (χ2n) is 6.99. The number of thioether (sulfide) groups is 1. The maximum atomic E-state index is 12.9. The summed E-state index contributed by atoms with van der Waals surface area (Å²) >= 11 is 2.38. The van der Waals surface area contributed by atoms with Crippen LogP contribution in [0.4, 0.5) is 5.13 Å². The molecule has 0 spiro atoms. The number of nitrogens with two attached hydrogens (primary N) is 1. The van der Waals surface area contributed by atoms with Crippen molar-refractivity contribution in [2.24, 2.45) is 5.16 Å². The Balaban J connectivity index is 0.00000342. The van der Waals surface area contributed by atoms with Crippen molar-refractivity contribution in [2.75, 3.05) is 18.1 Å². The van der Waals surface area contributed by atoms with Crippen molar-refractivity contribution in [2.45, 2.75) is 24.9 Å². The van der Waals surface area contributed by atoms with Gasteiger partial charge in [-0.15, -0.1) is 23.1 Å². The summed E-state index contributed by atoms with van der Waals surface area (Å²) in [7, 11) is 0. The van der Waals surface area contributed by atoms with Crippen LogP contribution in [0.3, 0.4) is 0 Å². The molecule has 4 heterocycles. The van der Waals surface area contributed by atoms with E-state index in [2.05, 4.69) is 20.4 Å². The summed E-state index contributed by atoms with van der Waals surface area (Å²) in [6, 6.07) is 2.49. The topological polar surface area (TPSA) is 172 Å². The third-order valence-corrected chi connectivity index (χ3v) is 6.77. The molecule has 0 bridgehead atoms. The molecule has 2 amide bonds. The van der Waals surface area contributed by atoms with E-state index in [1.807, 2.05) is 0 Å². The standard InChI is InChI=1S/C20H20N6O6S2.Na/c1-2-32-25-13(11-8-34-20(21)23-11)16(27)24-14-17(28)26-15(19(29)30)12(9-33-18(14)26)31-7-10-3-5-22-6-4-10;/h3-6,8,14,18H,2,7,9H2,1H3,(H2,21,23)(H,24,27)(H,29,30);/q;+1/p-1/b25-13-;/t14-,18-;/m1./s1. The van der Waals surface area contributed by atoms with Gasteiger partial charge in [-0.2, -0.15) is 0 Å². The second kappa shape index (κ2) is 11.9. The Kier molecular flexibility index (Phi) is 9.13. The smallest absolute Gasteiger partial charge is 0.543 e. The first-order valence-electron chi connectivity index (χ1n) is 10.0. The number of carbonyl (C=O) groups excluding carboxylic acids is 3. The molecule has 178 valence electrons. The molecule has 4 rings (SSSR count). The van der Waals surface area contributed by atoms with E-state index in [1.165, 1.54) is 11.8 Å². The third kappa shape index (κ3) is 5.78. The summed E-state index contributed by atoms with van der Waals surface area (Å²) in [5, 5.41) is 19.4. The molecular formula is C20H19N6NaO6S2. The molecule has 0 radical (unpaired) electrons. The number of nitrogens with zero attached hydrogens (tertiary/aromatic N) is 4. The summed E-state index contributed by atoms with van der Waals surface area (Å²) in [4.78, 5) is 51.6. The maximum absolute atomic E-state index is 12.9. The molecule has 1 fully saturated rings. The number of oxime groups is 1. The minimum absolute atomic E-state index is 0. The number of anilines is 1. The zero-order chi connectivity index (χ0) is 24.2. The van der Waals surface area contributed by atoms with Gasteiger partial charge in [0.25, 0.3) is 11.8 Å². The number of nitrogens with one attached hydrogen (secondary N) is 1. The predicted octanol–water partition coefficient (Wildman–Crippen LogP) is -3.56. The number of ether oxygens (including phenoxy) is 1. The molecule has 1 saturated heterocycles. The van der Waals surface area contributed by atoms with Crippen LogP contribution in [-0.2, 0) is 30.6 Å². The number of carboxylic acids is 1. The maximum Gasteiger partial charge on any atom is 1.00 e. The number of fused-ring (bicyclic) bond motifs is 1. The van der Waals surface area contributed by atoms with Crippen LogP contribution in [0.2, 0.25) is 0 Å². The number of aromatic nitrogens is 2. The van der Waals surface area contributed by atoms with Crippen LogP contribution in [0.1, 0.15) is 18.2 Å². The molecule has 2 aliphatic rings. The molecule has 0 aliphatic carbocycles. The Morgan fingerprint density at radius 2 is 2.11 bits per heavy atom. The number of thiazole rings is 1. The number of pyridine rings is 1. The Hall–Kier alpha value is -2.65. The summed E-state index contributed by atoms with van der Waals surface area (Å²) in [6.45, 7) is 2.02. The van der Waals surface area contributed by atoms with Gasteiger partial charge < -0.3 is 30.5 Å². The van der Waals surface area contributed by atoms with Crippen LogP contribution in [0.15, 0.2) is 46.5 Å². The van der Waals surface area contributed by atoms with Gasteiger partial charge in [0.05, 0.1) is 11.7 Å². The van der Waals surface area contributed by atoms with Gasteiger partial charge in [0.15, 0.2) is 10.8 Å². The zero-order valence-electron chi connectivity index (χ0n) is 18.8. The molecule has 2 aromatic rings. The van der Waals surface area contributed by atoms with Gasteiger partial charge in [-0.1, -0.05) is 5.16 Å². The van der Waals surface area contributed by atoms with E-state index in [-0.39, 0.29) is 76.5 Å². The molecule has 3 N–H and O–H groups in total. The first-order valence-corrected chi connectivity index (χ1v) is 12.0. The predicted molar refractivity (Wildman–Crippen MR) is 121 cm³/mol. The first-order chi connectivity index (χ1) is 16.4. The molecule has 12 nitrogen and oxygen atoms in total. The van der Waals surface area contributed by atoms with E-state index in [0.717, 1.165) is 21.8 Å². The first kappa shape index (κ1) is 26.9. The third-order valence-electron chi connectivity index (χ3n) is 4.84. The van der Waals surface area contributed by atoms with Crippen LogP contribution in [0, 0.1) is 0 Å². The Morgan fingerprint density at radius 3 is 2.74 bits per heavy atom. The van der Waals surface area contributed by atoms with Gasteiger partial charge in [-0.05, 0) is 24.6 Å². The number of carbonyl (C=O) groups is 3. The molecule has 2 aliphatic heterocycles. The number of hydrogen-bond donors (Lipinski definition) is 2. The molecule has 0 aromatic carbocycles. The SMILES string of the molecule is CCO/N=C(\C(=O)N[C@@H]1C(=O)N2C(C(=O)[O-])=C(OCc3ccncc3)CS[C@H]12)c1csc(N)n1.[Na+]. The van der Waals surface area contributed by atoms with Crippen molar-refractivity contribution in [3.8, 4) is 0 Å². The molecular weight excluding hydrogens is 507 g/mol. The van der Waals surface area contributed by atoms with Crippen molar-refractivity contribution in [3.05, 3.63) is 52.6 Å². The second-order valence-corrected chi connectivity index (χ2v) is 8.99. The number of aliphatic carboxylic acids is 1. The number of β-lactam (4-membered cyclic amide) rings is 1. The largest absolute Gasteiger partial charge is 1.00 e. The quantitative estimate of drug-likeness (QED) is 0.144. The van der Waals surface area contributed by atoms with Crippen molar-refractivity contribution >= 4 is 51.7 Å². The van der Waals surface area contributed by atoms with Crippen LogP contribution >= 0.6 is 23.1 Å². The summed E-state index contributed by atoms with van der Waals surface area (Å²) in [5.74, 6) is -2.55. The van der Waals surface area contributed by atoms with Crippen molar-refractivity contribution in [1.82, 2.24) is 20.2 Å². The van der Waals surface area contributed by atoms with E-state index in [1.54, 1.807) is 36.8 Å². The number of rotatable bonds is 9. The van der Waals surface area contributed by atoms with Gasteiger partial charge in [0.2, 0.25) is 0 Å². The van der Waals surface area contributed by atoms with Gasteiger partial charge in [0.1, 0.15) is 41.8 Å². The molecule has 15 heteroatoms. The number of carboxylic acid groups (broad SMARTS) is 1. The van der Waals surface area contributed by atoms with E-state index in [4.69, 9.17) is 15.3 Å². The van der Waals surface area contributed by atoms with Crippen LogP contribution in [0.25, 0.3) is 0 Å². The van der Waals surface area contributed by atoms with Crippen LogP contribution < -0.4 is 45.7 Å². The summed E-state index contributed by atoms with van der Waals surface area (Å²) in [5.41, 5.74) is 6.15. The molecule has 35 heavy (non-hydrogen) atoms. The fourth-order valence-corrected chi connectivity index (χ4v) is 5.11. The Bertz CT molecular complexity index is 1170. The normalized spacial score (nSPS) is 19.3. The average Bonchev–Trinajstić information content (AvgIpc) is 3.27. The van der Waals surface area contributed by atoms with Gasteiger partial charge in [0, 0.05) is 17.8 Å². The van der Waals surface area contributed by atoms with E-state index in [0.29, 0.717) is 0 Å². The van der Waals surface area contributed by atoms with E-state index >= 15 is 0 Å². The minimum atomic E-state index is -1.54. The monoisotopic (exact) mass is 526 g/mol. The zero-order valence-corrected chi connectivity index (χ0v) is 22.4.